The second-order valence-corrected chi connectivity index (χ2v) is 3.72. The third-order valence-corrected chi connectivity index (χ3v) is 2.63. The van der Waals surface area contributed by atoms with Crippen LogP contribution in [0.15, 0.2) is 30.3 Å². The van der Waals surface area contributed by atoms with Crippen molar-refractivity contribution in [3.05, 3.63) is 35.9 Å². The van der Waals surface area contributed by atoms with Gasteiger partial charge in [0.1, 0.15) is 6.29 Å². The van der Waals surface area contributed by atoms with Crippen LogP contribution in [-0.2, 0) is 16.1 Å². The molecule has 0 spiro atoms. The summed E-state index contributed by atoms with van der Waals surface area (Å²) in [6.07, 6.45) is 0.970. The first kappa shape index (κ1) is 10.7. The van der Waals surface area contributed by atoms with Gasteiger partial charge in [-0.25, -0.2) is 4.79 Å². The summed E-state index contributed by atoms with van der Waals surface area (Å²) in [5.74, 6) is 0. The summed E-state index contributed by atoms with van der Waals surface area (Å²) in [6.45, 7) is 0.747. The van der Waals surface area contributed by atoms with Gasteiger partial charge in [0.2, 0.25) is 0 Å². The van der Waals surface area contributed by atoms with Crippen LogP contribution in [0.4, 0.5) is 4.79 Å². The summed E-state index contributed by atoms with van der Waals surface area (Å²) in [6, 6.07) is 9.20. The van der Waals surface area contributed by atoms with Gasteiger partial charge in [0.15, 0.2) is 0 Å². The summed E-state index contributed by atoms with van der Waals surface area (Å²) >= 11 is 0. The van der Waals surface area contributed by atoms with Crippen molar-refractivity contribution in [2.24, 2.45) is 0 Å². The lowest BCUT2D eigenvalue weighted by Crippen LogP contribution is -2.45. The summed E-state index contributed by atoms with van der Waals surface area (Å²) in [4.78, 5) is 23.8. The van der Waals surface area contributed by atoms with Gasteiger partial charge in [-0.1, -0.05) is 30.3 Å². The number of nitrogens with zero attached hydrogens (tertiary/aromatic N) is 1. The van der Waals surface area contributed by atoms with Gasteiger partial charge < -0.3 is 9.53 Å². The molecule has 0 saturated carbocycles. The van der Waals surface area contributed by atoms with Crippen LogP contribution >= 0.6 is 0 Å². The molecular formula is C12H13NO3. The van der Waals surface area contributed by atoms with E-state index in [0.29, 0.717) is 19.6 Å². The van der Waals surface area contributed by atoms with Gasteiger partial charge in [-0.3, -0.25) is 4.90 Å². The Labute approximate surface area is 93.8 Å². The molecule has 1 saturated heterocycles. The van der Waals surface area contributed by atoms with Crippen molar-refractivity contribution in [3.63, 3.8) is 0 Å². The molecule has 1 aromatic carbocycles. The van der Waals surface area contributed by atoms with Crippen LogP contribution in [0.25, 0.3) is 0 Å². The fraction of sp³-hybridized carbons (Fsp3) is 0.333. The molecule has 1 aromatic rings. The molecule has 84 valence electrons. The highest BCUT2D eigenvalue weighted by atomic mass is 16.6. The fourth-order valence-corrected chi connectivity index (χ4v) is 1.74. The Hall–Kier alpha value is -1.84. The average molecular weight is 219 g/mol. The topological polar surface area (TPSA) is 46.6 Å². The molecule has 1 aliphatic heterocycles. The molecule has 1 aliphatic rings. The van der Waals surface area contributed by atoms with Crippen LogP contribution in [0.2, 0.25) is 0 Å². The van der Waals surface area contributed by atoms with Crippen molar-refractivity contribution in [1.29, 1.82) is 0 Å². The minimum Gasteiger partial charge on any atom is -0.449 e. The third-order valence-electron chi connectivity index (χ3n) is 2.63. The van der Waals surface area contributed by atoms with E-state index in [1.54, 1.807) is 0 Å². The van der Waals surface area contributed by atoms with Crippen molar-refractivity contribution < 1.29 is 14.3 Å². The van der Waals surface area contributed by atoms with Gasteiger partial charge in [-0.05, 0) is 5.56 Å². The maximum absolute atomic E-state index is 11.5. The Morgan fingerprint density at radius 2 is 2.12 bits per heavy atom. The highest BCUT2D eigenvalue weighted by Gasteiger charge is 2.29. The number of ether oxygens (including phenoxy) is 1. The first-order valence-corrected chi connectivity index (χ1v) is 5.24. The number of cyclic esters (lactones) is 1. The molecule has 0 aromatic heterocycles. The Morgan fingerprint density at radius 3 is 2.81 bits per heavy atom. The summed E-state index contributed by atoms with van der Waals surface area (Å²) in [5, 5.41) is 0. The molecule has 4 nitrogen and oxygen atoms in total. The van der Waals surface area contributed by atoms with Crippen LogP contribution < -0.4 is 0 Å². The van der Waals surface area contributed by atoms with Crippen molar-refractivity contribution in [3.8, 4) is 0 Å². The quantitative estimate of drug-likeness (QED) is 0.725. The number of amides is 1. The molecule has 0 aliphatic carbocycles. The van der Waals surface area contributed by atoms with Crippen molar-refractivity contribution in [1.82, 2.24) is 4.90 Å². The van der Waals surface area contributed by atoms with Gasteiger partial charge in [-0.2, -0.15) is 0 Å². The lowest BCUT2D eigenvalue weighted by Gasteiger charge is -2.31. The lowest BCUT2D eigenvalue weighted by molar-refractivity contribution is -0.114. The molecule has 1 fully saturated rings. The number of carbonyl (C=O) groups excluding carboxylic acids is 2. The van der Waals surface area contributed by atoms with E-state index in [9.17, 15) is 9.59 Å². The van der Waals surface area contributed by atoms with Gasteiger partial charge >= 0.3 is 6.09 Å². The van der Waals surface area contributed by atoms with E-state index >= 15 is 0 Å². The zero-order valence-electron chi connectivity index (χ0n) is 8.83. The largest absolute Gasteiger partial charge is 0.449 e. The number of benzene rings is 1. The Bertz CT molecular complexity index is 377. The first-order chi connectivity index (χ1) is 7.81. The van der Waals surface area contributed by atoms with E-state index in [4.69, 9.17) is 4.74 Å². The van der Waals surface area contributed by atoms with E-state index < -0.39 is 6.09 Å². The monoisotopic (exact) mass is 219 g/mol. The van der Waals surface area contributed by atoms with Crippen LogP contribution in [0.5, 0.6) is 0 Å². The molecule has 4 heteroatoms. The highest BCUT2D eigenvalue weighted by Crippen LogP contribution is 2.15. The predicted molar refractivity (Wildman–Crippen MR) is 57.8 cm³/mol. The fourth-order valence-electron chi connectivity index (χ4n) is 1.74. The zero-order valence-corrected chi connectivity index (χ0v) is 8.83. The van der Waals surface area contributed by atoms with E-state index in [1.807, 2.05) is 30.3 Å². The van der Waals surface area contributed by atoms with Crippen LogP contribution in [0.3, 0.4) is 0 Å². The number of hydrogen-bond acceptors (Lipinski definition) is 3. The molecule has 1 unspecified atom stereocenters. The minimum absolute atomic E-state index is 0.327. The SMILES string of the molecule is O=CC1CCOC(=O)N1Cc1ccccc1. The van der Waals surface area contributed by atoms with Crippen LogP contribution in [-0.4, -0.2) is 29.9 Å². The van der Waals surface area contributed by atoms with Gasteiger partial charge in [0.05, 0.1) is 12.6 Å². The number of hydrogen-bond donors (Lipinski definition) is 0. The normalized spacial score (nSPS) is 20.4. The predicted octanol–water partition coefficient (Wildman–Crippen LogP) is 1.60. The second-order valence-electron chi connectivity index (χ2n) is 3.72. The first-order valence-electron chi connectivity index (χ1n) is 5.24. The molecule has 0 radical (unpaired) electrons. The second kappa shape index (κ2) is 4.79. The Morgan fingerprint density at radius 1 is 1.38 bits per heavy atom. The minimum atomic E-state index is -0.410. The molecule has 1 amide bonds. The van der Waals surface area contributed by atoms with E-state index in [1.165, 1.54) is 4.90 Å². The summed E-state index contributed by atoms with van der Waals surface area (Å²) in [5.41, 5.74) is 0.994. The van der Waals surface area contributed by atoms with Gasteiger partial charge in [-0.15, -0.1) is 0 Å². The molecule has 1 heterocycles. The standard InChI is InChI=1S/C12H13NO3/c14-9-11-6-7-16-12(15)13(11)8-10-4-2-1-3-5-10/h1-5,9,11H,6-8H2. The highest BCUT2D eigenvalue weighted by molar-refractivity contribution is 5.74. The summed E-state index contributed by atoms with van der Waals surface area (Å²) in [7, 11) is 0. The number of aldehydes is 1. The zero-order chi connectivity index (χ0) is 11.4. The van der Waals surface area contributed by atoms with Crippen molar-refractivity contribution in [2.75, 3.05) is 6.61 Å². The van der Waals surface area contributed by atoms with Gasteiger partial charge in [0.25, 0.3) is 0 Å². The van der Waals surface area contributed by atoms with Crippen LogP contribution in [0, 0.1) is 0 Å². The van der Waals surface area contributed by atoms with Crippen LogP contribution in [0.1, 0.15) is 12.0 Å². The maximum atomic E-state index is 11.5. The molecule has 16 heavy (non-hydrogen) atoms. The molecular weight excluding hydrogens is 206 g/mol. The maximum Gasteiger partial charge on any atom is 0.410 e. The molecule has 0 N–H and O–H groups in total. The van der Waals surface area contributed by atoms with Gasteiger partial charge in [0, 0.05) is 13.0 Å². The Balaban J connectivity index is 2.11. The van der Waals surface area contributed by atoms with E-state index in [2.05, 4.69) is 0 Å². The van der Waals surface area contributed by atoms with E-state index in [-0.39, 0.29) is 6.04 Å². The third kappa shape index (κ3) is 2.21. The summed E-state index contributed by atoms with van der Waals surface area (Å²) < 4.78 is 4.92. The lowest BCUT2D eigenvalue weighted by atomic mass is 10.1. The molecule has 2 rings (SSSR count). The number of rotatable bonds is 3. The van der Waals surface area contributed by atoms with E-state index in [0.717, 1.165) is 11.8 Å². The molecule has 0 bridgehead atoms. The number of carbonyl (C=O) groups is 2. The van der Waals surface area contributed by atoms with Crippen molar-refractivity contribution >= 4 is 12.4 Å². The average Bonchev–Trinajstić information content (AvgIpc) is 2.33. The molecule has 1 atom stereocenters. The van der Waals surface area contributed by atoms with Crippen molar-refractivity contribution in [2.45, 2.75) is 19.0 Å². The Kier molecular flexibility index (Phi) is 3.19. The smallest absolute Gasteiger partial charge is 0.410 e.